The summed E-state index contributed by atoms with van der Waals surface area (Å²) in [5.74, 6) is -0.750. The van der Waals surface area contributed by atoms with Crippen LogP contribution in [0.3, 0.4) is 0 Å². The highest BCUT2D eigenvalue weighted by Gasteiger charge is 2.15. The number of carboxylic acid groups (broad SMARTS) is 1. The van der Waals surface area contributed by atoms with Crippen molar-refractivity contribution in [3.63, 3.8) is 0 Å². The molecule has 0 rings (SSSR count). The second-order valence-electron chi connectivity index (χ2n) is 4.58. The van der Waals surface area contributed by atoms with Gasteiger partial charge in [-0.15, -0.1) is 0 Å². The molecule has 0 aliphatic rings. The maximum absolute atomic E-state index is 10.2. The van der Waals surface area contributed by atoms with Gasteiger partial charge in [0.2, 0.25) is 0 Å². The van der Waals surface area contributed by atoms with Crippen molar-refractivity contribution in [2.45, 2.75) is 46.0 Å². The highest BCUT2D eigenvalue weighted by Crippen LogP contribution is 2.26. The standard InChI is InChI=1S/C12H22O3/c1-12(2,9-10-13)8-6-4-3-5-7-11(14)15/h3-4,13H,5-10H2,1-2H3,(H,14,15)/b4-3+. The van der Waals surface area contributed by atoms with Crippen molar-refractivity contribution in [2.24, 2.45) is 5.41 Å². The van der Waals surface area contributed by atoms with Crippen molar-refractivity contribution in [3.05, 3.63) is 12.2 Å². The van der Waals surface area contributed by atoms with Crippen molar-refractivity contribution >= 4 is 5.97 Å². The van der Waals surface area contributed by atoms with Gasteiger partial charge in [-0.05, 0) is 31.1 Å². The maximum Gasteiger partial charge on any atom is 0.303 e. The highest BCUT2D eigenvalue weighted by atomic mass is 16.4. The van der Waals surface area contributed by atoms with E-state index in [0.29, 0.717) is 6.42 Å². The van der Waals surface area contributed by atoms with E-state index >= 15 is 0 Å². The van der Waals surface area contributed by atoms with Gasteiger partial charge in [0.05, 0.1) is 0 Å². The number of hydrogen-bond donors (Lipinski definition) is 2. The molecular formula is C12H22O3. The number of rotatable bonds is 8. The van der Waals surface area contributed by atoms with E-state index in [9.17, 15) is 4.79 Å². The molecule has 0 unspecified atom stereocenters. The van der Waals surface area contributed by atoms with Crippen molar-refractivity contribution < 1.29 is 15.0 Å². The van der Waals surface area contributed by atoms with E-state index in [1.807, 2.05) is 12.2 Å². The van der Waals surface area contributed by atoms with Crippen molar-refractivity contribution in [2.75, 3.05) is 6.61 Å². The van der Waals surface area contributed by atoms with Gasteiger partial charge in [0.1, 0.15) is 0 Å². The summed E-state index contributed by atoms with van der Waals surface area (Å²) in [7, 11) is 0. The predicted molar refractivity (Wildman–Crippen MR) is 60.7 cm³/mol. The number of carbonyl (C=O) groups is 1. The number of carboxylic acids is 1. The van der Waals surface area contributed by atoms with Crippen LogP contribution < -0.4 is 0 Å². The minimum absolute atomic E-state index is 0.173. The van der Waals surface area contributed by atoms with Crippen LogP contribution in [0.25, 0.3) is 0 Å². The number of allylic oxidation sites excluding steroid dienone is 2. The third kappa shape index (κ3) is 9.47. The van der Waals surface area contributed by atoms with Crippen LogP contribution >= 0.6 is 0 Å². The van der Waals surface area contributed by atoms with Gasteiger partial charge in [-0.25, -0.2) is 0 Å². The maximum atomic E-state index is 10.2. The first-order chi connectivity index (χ1) is 6.98. The average molecular weight is 214 g/mol. The smallest absolute Gasteiger partial charge is 0.303 e. The molecule has 0 bridgehead atoms. The lowest BCUT2D eigenvalue weighted by atomic mass is 9.85. The fourth-order valence-corrected chi connectivity index (χ4v) is 1.34. The Morgan fingerprint density at radius 2 is 1.80 bits per heavy atom. The molecule has 0 saturated carbocycles. The molecule has 0 aliphatic heterocycles. The van der Waals surface area contributed by atoms with E-state index < -0.39 is 5.97 Å². The van der Waals surface area contributed by atoms with Gasteiger partial charge in [-0.1, -0.05) is 26.0 Å². The summed E-state index contributed by atoms with van der Waals surface area (Å²) in [6.45, 7) is 4.50. The molecule has 0 atom stereocenters. The fourth-order valence-electron chi connectivity index (χ4n) is 1.34. The van der Waals surface area contributed by atoms with E-state index in [1.54, 1.807) is 0 Å². The molecule has 0 radical (unpaired) electrons. The Labute approximate surface area is 91.8 Å². The summed E-state index contributed by atoms with van der Waals surface area (Å²) in [5, 5.41) is 17.2. The normalized spacial score (nSPS) is 12.2. The Balaban J connectivity index is 3.55. The van der Waals surface area contributed by atoms with E-state index in [2.05, 4.69) is 13.8 Å². The second-order valence-corrected chi connectivity index (χ2v) is 4.58. The van der Waals surface area contributed by atoms with Gasteiger partial charge in [0.25, 0.3) is 0 Å². The van der Waals surface area contributed by atoms with Crippen LogP contribution in [0.1, 0.15) is 46.0 Å². The molecule has 0 aromatic carbocycles. The predicted octanol–water partition coefficient (Wildman–Crippen LogP) is 2.60. The van der Waals surface area contributed by atoms with Gasteiger partial charge in [0, 0.05) is 13.0 Å². The van der Waals surface area contributed by atoms with Crippen molar-refractivity contribution in [3.8, 4) is 0 Å². The zero-order chi connectivity index (χ0) is 11.7. The molecule has 3 heteroatoms. The molecule has 0 fully saturated rings. The van der Waals surface area contributed by atoms with E-state index in [0.717, 1.165) is 19.3 Å². The zero-order valence-electron chi connectivity index (χ0n) is 9.70. The molecular weight excluding hydrogens is 192 g/mol. The van der Waals surface area contributed by atoms with Crippen LogP contribution in [0.5, 0.6) is 0 Å². The summed E-state index contributed by atoms with van der Waals surface area (Å²) in [6.07, 6.45) is 7.55. The summed E-state index contributed by atoms with van der Waals surface area (Å²) >= 11 is 0. The number of aliphatic hydroxyl groups is 1. The average Bonchev–Trinajstić information content (AvgIpc) is 2.10. The first-order valence-corrected chi connectivity index (χ1v) is 5.45. The Morgan fingerprint density at radius 3 is 2.33 bits per heavy atom. The van der Waals surface area contributed by atoms with Gasteiger partial charge in [-0.2, -0.15) is 0 Å². The lowest BCUT2D eigenvalue weighted by molar-refractivity contribution is -0.136. The Bertz CT molecular complexity index is 207. The summed E-state index contributed by atoms with van der Waals surface area (Å²) in [5.41, 5.74) is 0.173. The van der Waals surface area contributed by atoms with E-state index in [1.165, 1.54) is 0 Å². The molecule has 88 valence electrons. The summed E-state index contributed by atoms with van der Waals surface area (Å²) in [6, 6.07) is 0. The summed E-state index contributed by atoms with van der Waals surface area (Å²) < 4.78 is 0. The van der Waals surface area contributed by atoms with Gasteiger partial charge < -0.3 is 10.2 Å². The molecule has 0 amide bonds. The van der Waals surface area contributed by atoms with Gasteiger partial charge in [-0.3, -0.25) is 4.79 Å². The fraction of sp³-hybridized carbons (Fsp3) is 0.750. The third-order valence-corrected chi connectivity index (χ3v) is 2.47. The van der Waals surface area contributed by atoms with Gasteiger partial charge >= 0.3 is 5.97 Å². The number of aliphatic carboxylic acids is 1. The molecule has 3 nitrogen and oxygen atoms in total. The Morgan fingerprint density at radius 1 is 1.20 bits per heavy atom. The van der Waals surface area contributed by atoms with Crippen LogP contribution in [-0.4, -0.2) is 22.8 Å². The first-order valence-electron chi connectivity index (χ1n) is 5.45. The molecule has 15 heavy (non-hydrogen) atoms. The van der Waals surface area contributed by atoms with Crippen LogP contribution in [0.2, 0.25) is 0 Å². The molecule has 0 heterocycles. The topological polar surface area (TPSA) is 57.5 Å². The van der Waals surface area contributed by atoms with Crippen LogP contribution in [-0.2, 0) is 4.79 Å². The summed E-state index contributed by atoms with van der Waals surface area (Å²) in [4.78, 5) is 10.2. The highest BCUT2D eigenvalue weighted by molar-refractivity contribution is 5.66. The molecule has 0 aromatic heterocycles. The molecule has 0 aromatic rings. The van der Waals surface area contributed by atoms with Crippen LogP contribution in [0.4, 0.5) is 0 Å². The molecule has 2 N–H and O–H groups in total. The molecule has 0 aliphatic carbocycles. The van der Waals surface area contributed by atoms with Crippen LogP contribution in [0.15, 0.2) is 12.2 Å². The Hall–Kier alpha value is -0.830. The quantitative estimate of drug-likeness (QED) is 0.611. The Kier molecular flexibility index (Phi) is 7.05. The van der Waals surface area contributed by atoms with Crippen molar-refractivity contribution in [1.29, 1.82) is 0 Å². The number of aliphatic hydroxyl groups excluding tert-OH is 1. The SMILES string of the molecule is CC(C)(CCO)CC/C=C/CCC(=O)O. The lowest BCUT2D eigenvalue weighted by Crippen LogP contribution is -2.12. The monoisotopic (exact) mass is 214 g/mol. The minimum Gasteiger partial charge on any atom is -0.481 e. The van der Waals surface area contributed by atoms with Gasteiger partial charge in [0.15, 0.2) is 0 Å². The molecule has 0 saturated heterocycles. The second kappa shape index (κ2) is 7.46. The van der Waals surface area contributed by atoms with Crippen molar-refractivity contribution in [1.82, 2.24) is 0 Å². The minimum atomic E-state index is -0.750. The third-order valence-electron chi connectivity index (χ3n) is 2.47. The largest absolute Gasteiger partial charge is 0.481 e. The zero-order valence-corrected chi connectivity index (χ0v) is 9.70. The molecule has 0 spiro atoms. The lowest BCUT2D eigenvalue weighted by Gasteiger charge is -2.22. The van der Waals surface area contributed by atoms with Crippen LogP contribution in [0, 0.1) is 5.41 Å². The number of hydrogen-bond acceptors (Lipinski definition) is 2. The van der Waals surface area contributed by atoms with E-state index in [4.69, 9.17) is 10.2 Å². The first kappa shape index (κ1) is 14.2. The van der Waals surface area contributed by atoms with E-state index in [-0.39, 0.29) is 18.4 Å².